The van der Waals surface area contributed by atoms with Gasteiger partial charge in [0.15, 0.2) is 5.84 Å². The number of fused-ring (bicyclic) bond motifs is 1. The molecule has 1 aliphatic rings. The van der Waals surface area contributed by atoms with Crippen LogP contribution >= 0.6 is 0 Å². The molecule has 0 fully saturated rings. The summed E-state index contributed by atoms with van der Waals surface area (Å²) in [5, 5.41) is 4.14. The Morgan fingerprint density at radius 2 is 2.05 bits per heavy atom. The number of hydrogen-bond donors (Lipinski definition) is 0. The zero-order valence-corrected chi connectivity index (χ0v) is 12.7. The molecule has 0 aliphatic carbocycles. The fourth-order valence-corrected chi connectivity index (χ4v) is 3.65. The lowest BCUT2D eigenvalue weighted by Gasteiger charge is -2.21. The molecular formula is C14H16N4O2S. The van der Waals surface area contributed by atoms with Gasteiger partial charge in [0.05, 0.1) is 6.20 Å². The Labute approximate surface area is 123 Å². The zero-order valence-electron chi connectivity index (χ0n) is 11.9. The quantitative estimate of drug-likeness (QED) is 0.859. The number of aromatic nitrogens is 2. The van der Waals surface area contributed by atoms with E-state index in [0.29, 0.717) is 24.5 Å². The highest BCUT2D eigenvalue weighted by Crippen LogP contribution is 2.27. The van der Waals surface area contributed by atoms with Crippen LogP contribution in [0.15, 0.2) is 46.0 Å². The SMILES string of the molecule is CCN(Cc1cnn(C)c1)C1=NS(=O)(=O)c2ccccc21. The number of hydrogen-bond acceptors (Lipinski definition) is 4. The minimum atomic E-state index is -3.57. The van der Waals surface area contributed by atoms with Gasteiger partial charge in [-0.3, -0.25) is 4.68 Å². The Bertz CT molecular complexity index is 808. The minimum absolute atomic E-state index is 0.282. The van der Waals surface area contributed by atoms with E-state index in [1.54, 1.807) is 29.1 Å². The van der Waals surface area contributed by atoms with Crippen molar-refractivity contribution in [2.45, 2.75) is 18.4 Å². The molecule has 0 amide bonds. The van der Waals surface area contributed by atoms with Crippen molar-refractivity contribution in [1.29, 1.82) is 0 Å². The fraction of sp³-hybridized carbons (Fsp3) is 0.286. The molecule has 0 atom stereocenters. The van der Waals surface area contributed by atoms with Crippen LogP contribution in [0.1, 0.15) is 18.1 Å². The summed E-state index contributed by atoms with van der Waals surface area (Å²) in [7, 11) is -1.72. The van der Waals surface area contributed by atoms with Crippen molar-refractivity contribution in [2.75, 3.05) is 6.54 Å². The van der Waals surface area contributed by atoms with Crippen molar-refractivity contribution >= 4 is 15.9 Å². The van der Waals surface area contributed by atoms with E-state index in [1.165, 1.54) is 0 Å². The van der Waals surface area contributed by atoms with Gasteiger partial charge in [-0.2, -0.15) is 13.5 Å². The average molecular weight is 304 g/mol. The number of sulfonamides is 1. The van der Waals surface area contributed by atoms with Crippen LogP contribution in [-0.2, 0) is 23.6 Å². The second-order valence-electron chi connectivity index (χ2n) is 4.92. The van der Waals surface area contributed by atoms with E-state index >= 15 is 0 Å². The Hall–Kier alpha value is -2.15. The monoisotopic (exact) mass is 304 g/mol. The summed E-state index contributed by atoms with van der Waals surface area (Å²) in [6, 6.07) is 6.93. The molecular weight excluding hydrogens is 288 g/mol. The molecule has 0 saturated carbocycles. The van der Waals surface area contributed by atoms with E-state index in [2.05, 4.69) is 9.50 Å². The van der Waals surface area contributed by atoms with Gasteiger partial charge in [0.2, 0.25) is 0 Å². The summed E-state index contributed by atoms with van der Waals surface area (Å²) in [5.41, 5.74) is 1.69. The maximum Gasteiger partial charge on any atom is 0.285 e. The van der Waals surface area contributed by atoms with Gasteiger partial charge < -0.3 is 4.90 Å². The van der Waals surface area contributed by atoms with E-state index < -0.39 is 10.0 Å². The lowest BCUT2D eigenvalue weighted by atomic mass is 10.2. The molecule has 0 bridgehead atoms. The van der Waals surface area contributed by atoms with Gasteiger partial charge in [-0.05, 0) is 19.1 Å². The molecule has 21 heavy (non-hydrogen) atoms. The summed E-state index contributed by atoms with van der Waals surface area (Å²) >= 11 is 0. The molecule has 0 N–H and O–H groups in total. The maximum absolute atomic E-state index is 12.1. The molecule has 2 aromatic rings. The molecule has 6 nitrogen and oxygen atoms in total. The first-order valence-corrected chi connectivity index (χ1v) is 8.12. The van der Waals surface area contributed by atoms with E-state index in [4.69, 9.17) is 0 Å². The summed E-state index contributed by atoms with van der Waals surface area (Å²) < 4.78 is 29.9. The summed E-state index contributed by atoms with van der Waals surface area (Å²) in [4.78, 5) is 2.23. The van der Waals surface area contributed by atoms with Crippen LogP contribution in [0.3, 0.4) is 0 Å². The van der Waals surface area contributed by atoms with Gasteiger partial charge in [0.1, 0.15) is 4.90 Å². The lowest BCUT2D eigenvalue weighted by Crippen LogP contribution is -2.30. The Kier molecular flexibility index (Phi) is 3.29. The summed E-state index contributed by atoms with van der Waals surface area (Å²) in [6.07, 6.45) is 3.69. The summed E-state index contributed by atoms with van der Waals surface area (Å²) in [6.45, 7) is 3.22. The molecule has 110 valence electrons. The van der Waals surface area contributed by atoms with Crippen LogP contribution in [0.4, 0.5) is 0 Å². The van der Waals surface area contributed by atoms with Gasteiger partial charge >= 0.3 is 0 Å². The molecule has 0 unspecified atom stereocenters. The lowest BCUT2D eigenvalue weighted by molar-refractivity contribution is 0.437. The van der Waals surface area contributed by atoms with Gasteiger partial charge in [0.25, 0.3) is 10.0 Å². The smallest absolute Gasteiger partial charge is 0.285 e. The van der Waals surface area contributed by atoms with Crippen LogP contribution in [0.5, 0.6) is 0 Å². The topological polar surface area (TPSA) is 67.6 Å². The van der Waals surface area contributed by atoms with Crippen LogP contribution < -0.4 is 0 Å². The predicted octanol–water partition coefficient (Wildman–Crippen LogP) is 1.39. The van der Waals surface area contributed by atoms with Crippen LogP contribution in [0.2, 0.25) is 0 Å². The minimum Gasteiger partial charge on any atom is -0.351 e. The average Bonchev–Trinajstić information content (AvgIpc) is 2.98. The number of benzene rings is 1. The Balaban J connectivity index is 1.99. The third-order valence-corrected chi connectivity index (χ3v) is 4.75. The van der Waals surface area contributed by atoms with Crippen molar-refractivity contribution in [3.8, 4) is 0 Å². The highest BCUT2D eigenvalue weighted by atomic mass is 32.2. The number of rotatable bonds is 3. The third kappa shape index (κ3) is 2.44. The standard InChI is InChI=1S/C14H16N4O2S/c1-3-18(10-11-8-15-17(2)9-11)14-12-6-4-5-7-13(12)21(19,20)16-14/h4-9H,3,10H2,1-2H3. The van der Waals surface area contributed by atoms with E-state index in [9.17, 15) is 8.42 Å². The van der Waals surface area contributed by atoms with E-state index in [1.807, 2.05) is 31.1 Å². The van der Waals surface area contributed by atoms with E-state index in [-0.39, 0.29) is 4.90 Å². The van der Waals surface area contributed by atoms with Crippen molar-refractivity contribution in [3.63, 3.8) is 0 Å². The molecule has 1 aromatic heterocycles. The number of aryl methyl sites for hydroxylation is 1. The van der Waals surface area contributed by atoms with Gasteiger partial charge in [-0.15, -0.1) is 4.40 Å². The Morgan fingerprint density at radius 1 is 1.29 bits per heavy atom. The predicted molar refractivity (Wildman–Crippen MR) is 79.5 cm³/mol. The molecule has 3 rings (SSSR count). The molecule has 0 saturated heterocycles. The van der Waals surface area contributed by atoms with Crippen LogP contribution in [-0.4, -0.2) is 35.5 Å². The molecule has 1 aromatic carbocycles. The first kappa shape index (κ1) is 13.8. The van der Waals surface area contributed by atoms with Gasteiger partial charge in [-0.1, -0.05) is 12.1 Å². The summed E-state index contributed by atoms with van der Waals surface area (Å²) in [5.74, 6) is 0.511. The van der Waals surface area contributed by atoms with Crippen LogP contribution in [0, 0.1) is 0 Å². The zero-order chi connectivity index (χ0) is 15.0. The third-order valence-electron chi connectivity index (χ3n) is 3.43. The molecule has 1 aliphatic heterocycles. The number of amidine groups is 1. The Morgan fingerprint density at radius 3 is 2.71 bits per heavy atom. The second-order valence-corrected chi connectivity index (χ2v) is 6.50. The molecule has 7 heteroatoms. The van der Waals surface area contributed by atoms with Crippen molar-refractivity contribution in [2.24, 2.45) is 11.4 Å². The molecule has 0 spiro atoms. The fourth-order valence-electron chi connectivity index (χ4n) is 2.43. The van der Waals surface area contributed by atoms with Crippen molar-refractivity contribution in [3.05, 3.63) is 47.8 Å². The van der Waals surface area contributed by atoms with E-state index in [0.717, 1.165) is 5.56 Å². The normalized spacial score (nSPS) is 15.6. The first-order chi connectivity index (χ1) is 10.0. The highest BCUT2D eigenvalue weighted by molar-refractivity contribution is 7.90. The first-order valence-electron chi connectivity index (χ1n) is 6.68. The van der Waals surface area contributed by atoms with Crippen molar-refractivity contribution in [1.82, 2.24) is 14.7 Å². The molecule has 2 heterocycles. The largest absolute Gasteiger partial charge is 0.351 e. The second kappa shape index (κ2) is 5.00. The van der Waals surface area contributed by atoms with Gasteiger partial charge in [0, 0.05) is 37.5 Å². The maximum atomic E-state index is 12.1. The number of nitrogens with zero attached hydrogens (tertiary/aromatic N) is 4. The highest BCUT2D eigenvalue weighted by Gasteiger charge is 2.31. The van der Waals surface area contributed by atoms with Crippen LogP contribution in [0.25, 0.3) is 0 Å². The van der Waals surface area contributed by atoms with Gasteiger partial charge in [-0.25, -0.2) is 0 Å². The molecule has 0 radical (unpaired) electrons. The van der Waals surface area contributed by atoms with Crippen molar-refractivity contribution < 1.29 is 8.42 Å².